The lowest BCUT2D eigenvalue weighted by molar-refractivity contribution is 0.121. The molecule has 0 radical (unpaired) electrons. The lowest BCUT2D eigenvalue weighted by atomic mass is 9.78. The summed E-state index contributed by atoms with van der Waals surface area (Å²) < 4.78 is 5.55. The standard InChI is InChI=1S/C32H32N2O2/c1-5-33-20-22(3)32(35)26-13-12-21(2)24(17-26)10-6-8-23-9-7-11-25(16-23)28-19-31(36-4)34-30-15-14-27(32)18-29(28)30/h5,7,9,11-20,35H,6,8,10H2,1-4H3/b22-20+,33-5?. The van der Waals surface area contributed by atoms with Gasteiger partial charge in [-0.05, 0) is 96.7 Å². The highest BCUT2D eigenvalue weighted by molar-refractivity contribution is 5.96. The van der Waals surface area contributed by atoms with Crippen molar-refractivity contribution < 1.29 is 9.84 Å². The molecule has 1 heterocycles. The first-order chi connectivity index (χ1) is 17.4. The Hall–Kier alpha value is -3.76. The van der Waals surface area contributed by atoms with Crippen LogP contribution in [0, 0.1) is 6.92 Å². The first kappa shape index (κ1) is 24.0. The van der Waals surface area contributed by atoms with Crippen molar-refractivity contribution in [1.29, 1.82) is 0 Å². The second kappa shape index (κ2) is 9.71. The Morgan fingerprint density at radius 1 is 1.03 bits per heavy atom. The Kier molecular flexibility index (Phi) is 6.46. The molecule has 1 unspecified atom stereocenters. The number of aryl methyl sites for hydroxylation is 3. The van der Waals surface area contributed by atoms with Gasteiger partial charge >= 0.3 is 0 Å². The maximum atomic E-state index is 12.5. The number of aliphatic hydroxyl groups is 1. The Morgan fingerprint density at radius 2 is 1.83 bits per heavy atom. The van der Waals surface area contributed by atoms with E-state index in [1.807, 2.05) is 38.1 Å². The van der Waals surface area contributed by atoms with Gasteiger partial charge in [0.2, 0.25) is 5.88 Å². The van der Waals surface area contributed by atoms with E-state index in [0.29, 0.717) is 5.88 Å². The maximum Gasteiger partial charge on any atom is 0.214 e. The Labute approximate surface area is 213 Å². The zero-order valence-electron chi connectivity index (χ0n) is 21.4. The number of methoxy groups -OCH3 is 1. The number of rotatable bonds is 3. The number of pyridine rings is 1. The van der Waals surface area contributed by atoms with Crippen molar-refractivity contribution in [2.75, 3.05) is 7.11 Å². The summed E-state index contributed by atoms with van der Waals surface area (Å²) in [6.45, 7) is 5.96. The van der Waals surface area contributed by atoms with E-state index in [9.17, 15) is 5.11 Å². The Morgan fingerprint density at radius 3 is 2.64 bits per heavy atom. The first-order valence-electron chi connectivity index (χ1n) is 12.5. The topological polar surface area (TPSA) is 54.7 Å². The second-order valence-electron chi connectivity index (χ2n) is 9.57. The molecule has 36 heavy (non-hydrogen) atoms. The summed E-state index contributed by atoms with van der Waals surface area (Å²) in [5.74, 6) is 0.573. The van der Waals surface area contributed by atoms with Crippen molar-refractivity contribution in [3.8, 4) is 17.0 Å². The fourth-order valence-electron chi connectivity index (χ4n) is 5.21. The number of benzene rings is 3. The molecule has 0 spiro atoms. The number of fused-ring (bicyclic) bond motifs is 6. The third-order valence-corrected chi connectivity index (χ3v) is 7.32. The van der Waals surface area contributed by atoms with E-state index < -0.39 is 5.60 Å². The molecule has 3 aromatic carbocycles. The molecule has 0 saturated carbocycles. The summed E-state index contributed by atoms with van der Waals surface area (Å²) in [5.41, 5.74) is 7.85. The van der Waals surface area contributed by atoms with Crippen LogP contribution in [0.2, 0.25) is 0 Å². The Bertz CT molecular complexity index is 1500. The summed E-state index contributed by atoms with van der Waals surface area (Å²) in [4.78, 5) is 9.05. The molecular weight excluding hydrogens is 444 g/mol. The molecule has 0 saturated heterocycles. The Balaban J connectivity index is 1.87. The van der Waals surface area contributed by atoms with E-state index in [-0.39, 0.29) is 0 Å². The SMILES string of the molecule is CC=N/C=C(\C)C1(O)c2ccc(C)c(c2)CCCc2cccc(c2)-c2cc(OC)nc3ccc1cc23. The summed E-state index contributed by atoms with van der Waals surface area (Å²) in [7, 11) is 1.64. The molecular formula is C32H32N2O2. The number of aliphatic imine (C=N–C) groups is 1. The lowest BCUT2D eigenvalue weighted by Crippen LogP contribution is -2.29. The van der Waals surface area contributed by atoms with Crippen LogP contribution < -0.4 is 4.74 Å². The zero-order chi connectivity index (χ0) is 25.3. The predicted molar refractivity (Wildman–Crippen MR) is 148 cm³/mol. The van der Waals surface area contributed by atoms with Gasteiger partial charge in [-0.1, -0.05) is 48.5 Å². The van der Waals surface area contributed by atoms with Crippen molar-refractivity contribution >= 4 is 17.1 Å². The van der Waals surface area contributed by atoms with Gasteiger partial charge in [-0.25, -0.2) is 4.98 Å². The minimum Gasteiger partial charge on any atom is -0.481 e. The van der Waals surface area contributed by atoms with E-state index in [2.05, 4.69) is 54.4 Å². The average Bonchev–Trinajstić information content (AvgIpc) is 2.91. The van der Waals surface area contributed by atoms with Crippen LogP contribution in [0.15, 0.2) is 83.5 Å². The smallest absolute Gasteiger partial charge is 0.214 e. The third kappa shape index (κ3) is 4.22. The van der Waals surface area contributed by atoms with Gasteiger partial charge in [0, 0.05) is 23.9 Å². The normalized spacial score (nSPS) is 18.0. The number of aromatic nitrogens is 1. The van der Waals surface area contributed by atoms with E-state index >= 15 is 0 Å². The van der Waals surface area contributed by atoms with Crippen molar-refractivity contribution in [3.05, 3.63) is 106 Å². The van der Waals surface area contributed by atoms with Gasteiger partial charge in [-0.2, -0.15) is 0 Å². The summed E-state index contributed by atoms with van der Waals surface area (Å²) in [6, 6.07) is 23.1. The van der Waals surface area contributed by atoms with E-state index in [4.69, 9.17) is 9.72 Å². The van der Waals surface area contributed by atoms with Gasteiger partial charge in [-0.15, -0.1) is 0 Å². The monoisotopic (exact) mass is 476 g/mol. The van der Waals surface area contributed by atoms with E-state index in [1.165, 1.54) is 16.7 Å². The van der Waals surface area contributed by atoms with Gasteiger partial charge in [0.1, 0.15) is 5.60 Å². The van der Waals surface area contributed by atoms with Gasteiger partial charge in [0.05, 0.1) is 12.6 Å². The predicted octanol–water partition coefficient (Wildman–Crippen LogP) is 6.94. The molecule has 1 atom stereocenters. The highest BCUT2D eigenvalue weighted by Crippen LogP contribution is 2.41. The quantitative estimate of drug-likeness (QED) is 0.326. The van der Waals surface area contributed by atoms with E-state index in [1.54, 1.807) is 19.5 Å². The molecule has 6 bridgehead atoms. The second-order valence-corrected chi connectivity index (χ2v) is 9.57. The molecule has 1 aliphatic rings. The minimum absolute atomic E-state index is 0.573. The molecule has 0 aliphatic heterocycles. The molecule has 0 fully saturated rings. The largest absolute Gasteiger partial charge is 0.481 e. The lowest BCUT2D eigenvalue weighted by Gasteiger charge is -2.31. The molecule has 1 N–H and O–H groups in total. The molecule has 4 nitrogen and oxygen atoms in total. The highest BCUT2D eigenvalue weighted by Gasteiger charge is 2.35. The minimum atomic E-state index is -1.34. The molecule has 4 heteroatoms. The van der Waals surface area contributed by atoms with Gasteiger partial charge in [-0.3, -0.25) is 4.99 Å². The molecule has 1 aliphatic carbocycles. The van der Waals surface area contributed by atoms with Crippen molar-refractivity contribution in [1.82, 2.24) is 4.98 Å². The van der Waals surface area contributed by atoms with Crippen LogP contribution in [-0.2, 0) is 18.4 Å². The van der Waals surface area contributed by atoms with Crippen molar-refractivity contribution in [2.45, 2.75) is 45.6 Å². The molecule has 0 amide bonds. The number of ether oxygens (including phenoxy) is 1. The first-order valence-corrected chi connectivity index (χ1v) is 12.5. The van der Waals surface area contributed by atoms with Crippen LogP contribution in [0.3, 0.4) is 0 Å². The third-order valence-electron chi connectivity index (χ3n) is 7.32. The van der Waals surface area contributed by atoms with Crippen molar-refractivity contribution in [3.63, 3.8) is 0 Å². The fourth-order valence-corrected chi connectivity index (χ4v) is 5.21. The van der Waals surface area contributed by atoms with Crippen LogP contribution in [0.5, 0.6) is 5.88 Å². The zero-order valence-corrected chi connectivity index (χ0v) is 21.4. The molecule has 4 aromatic rings. The average molecular weight is 477 g/mol. The van der Waals surface area contributed by atoms with Crippen LogP contribution >= 0.6 is 0 Å². The molecule has 182 valence electrons. The summed E-state index contributed by atoms with van der Waals surface area (Å²) in [5, 5.41) is 13.5. The molecule has 5 rings (SSSR count). The van der Waals surface area contributed by atoms with Crippen LogP contribution in [0.25, 0.3) is 22.0 Å². The van der Waals surface area contributed by atoms with Crippen LogP contribution in [0.4, 0.5) is 0 Å². The van der Waals surface area contributed by atoms with E-state index in [0.717, 1.165) is 58.0 Å². The summed E-state index contributed by atoms with van der Waals surface area (Å²) >= 11 is 0. The van der Waals surface area contributed by atoms with Gasteiger partial charge in [0.25, 0.3) is 0 Å². The van der Waals surface area contributed by atoms with Crippen LogP contribution in [0.1, 0.15) is 48.1 Å². The molecule has 1 aromatic heterocycles. The highest BCUT2D eigenvalue weighted by atomic mass is 16.5. The van der Waals surface area contributed by atoms with Crippen molar-refractivity contribution in [2.24, 2.45) is 4.99 Å². The fraction of sp³-hybridized carbons (Fsp3) is 0.250. The number of hydrogen-bond donors (Lipinski definition) is 1. The number of hydrogen-bond acceptors (Lipinski definition) is 4. The van der Waals surface area contributed by atoms with Crippen LogP contribution in [-0.4, -0.2) is 23.4 Å². The summed E-state index contributed by atoms with van der Waals surface area (Å²) in [6.07, 6.45) is 6.45. The van der Waals surface area contributed by atoms with Gasteiger partial charge in [0.15, 0.2) is 0 Å². The maximum absolute atomic E-state index is 12.5. The number of nitrogens with zero attached hydrogens (tertiary/aromatic N) is 2. The van der Waals surface area contributed by atoms with Gasteiger partial charge < -0.3 is 9.84 Å².